The van der Waals surface area contributed by atoms with Crippen LogP contribution in [0.15, 0.2) is 0 Å². The van der Waals surface area contributed by atoms with Crippen LogP contribution in [0, 0.1) is 0 Å². The van der Waals surface area contributed by atoms with Crippen molar-refractivity contribution < 1.29 is 14.4 Å². The van der Waals surface area contributed by atoms with Crippen molar-refractivity contribution >= 4 is 17.7 Å². The van der Waals surface area contributed by atoms with Crippen LogP contribution in [0.2, 0.25) is 0 Å². The number of nitrogens with zero attached hydrogens (tertiary/aromatic N) is 2. The van der Waals surface area contributed by atoms with E-state index in [0.717, 1.165) is 0 Å². The van der Waals surface area contributed by atoms with Crippen LogP contribution in [0.4, 0.5) is 0 Å². The molecule has 2 aliphatic rings. The maximum absolute atomic E-state index is 11.7. The zero-order valence-electron chi connectivity index (χ0n) is 11.7. The molecule has 0 bridgehead atoms. The summed E-state index contributed by atoms with van der Waals surface area (Å²) in [4.78, 5) is 38.1. The number of carbonyl (C=O) groups excluding carboxylic acids is 3. The van der Waals surface area contributed by atoms with Gasteiger partial charge in [0.25, 0.3) is 0 Å². The summed E-state index contributed by atoms with van der Waals surface area (Å²) in [6, 6.07) is -0.0371. The fourth-order valence-electron chi connectivity index (χ4n) is 2.50. The maximum atomic E-state index is 11.7. The number of hydrogen-bond acceptors (Lipinski definition) is 4. The second-order valence-corrected chi connectivity index (χ2v) is 6.30. The van der Waals surface area contributed by atoms with Crippen LogP contribution < -0.4 is 5.32 Å². The molecule has 0 aromatic rings. The lowest BCUT2D eigenvalue weighted by molar-refractivity contribution is -0.145. The van der Waals surface area contributed by atoms with Gasteiger partial charge in [-0.3, -0.25) is 24.2 Å². The summed E-state index contributed by atoms with van der Waals surface area (Å²) in [6.07, 6.45) is 0.666. The van der Waals surface area contributed by atoms with Gasteiger partial charge >= 0.3 is 0 Å². The molecule has 1 N–H and O–H groups in total. The van der Waals surface area contributed by atoms with E-state index in [-0.39, 0.29) is 29.3 Å². The summed E-state index contributed by atoms with van der Waals surface area (Å²) < 4.78 is 0. The van der Waals surface area contributed by atoms with E-state index in [0.29, 0.717) is 32.5 Å². The summed E-state index contributed by atoms with van der Waals surface area (Å²) in [7, 11) is 0. The molecular formula is C13H21N3O3. The van der Waals surface area contributed by atoms with Crippen LogP contribution in [0.5, 0.6) is 0 Å². The smallest absolute Gasteiger partial charge is 0.234 e. The molecule has 2 fully saturated rings. The van der Waals surface area contributed by atoms with Crippen molar-refractivity contribution in [1.29, 1.82) is 0 Å². The topological polar surface area (TPSA) is 69.7 Å². The van der Waals surface area contributed by atoms with Gasteiger partial charge in [0.1, 0.15) is 0 Å². The van der Waals surface area contributed by atoms with Gasteiger partial charge in [-0.05, 0) is 20.8 Å². The van der Waals surface area contributed by atoms with Crippen molar-refractivity contribution in [3.05, 3.63) is 0 Å². The van der Waals surface area contributed by atoms with Gasteiger partial charge in [0.2, 0.25) is 17.7 Å². The predicted octanol–water partition coefficient (Wildman–Crippen LogP) is -0.266. The average Bonchev–Trinajstić information content (AvgIpc) is 2.50. The number of amides is 3. The van der Waals surface area contributed by atoms with Gasteiger partial charge in [-0.1, -0.05) is 0 Å². The van der Waals surface area contributed by atoms with E-state index in [2.05, 4.69) is 5.32 Å². The monoisotopic (exact) mass is 267 g/mol. The first kappa shape index (κ1) is 14.0. The van der Waals surface area contributed by atoms with Crippen molar-refractivity contribution in [1.82, 2.24) is 15.1 Å². The van der Waals surface area contributed by atoms with E-state index in [1.165, 1.54) is 4.90 Å². The Morgan fingerprint density at radius 3 is 2.21 bits per heavy atom. The number of nitrogens with one attached hydrogen (secondary N) is 1. The van der Waals surface area contributed by atoms with Gasteiger partial charge in [-0.25, -0.2) is 0 Å². The third-order valence-electron chi connectivity index (χ3n) is 3.27. The quantitative estimate of drug-likeness (QED) is 0.715. The highest BCUT2D eigenvalue weighted by atomic mass is 16.2. The van der Waals surface area contributed by atoms with Gasteiger partial charge in [-0.2, -0.15) is 0 Å². The van der Waals surface area contributed by atoms with Crippen molar-refractivity contribution in [2.75, 3.05) is 19.6 Å². The van der Waals surface area contributed by atoms with Crippen molar-refractivity contribution in [2.45, 2.75) is 45.2 Å². The number of hydrogen-bond donors (Lipinski definition) is 1. The van der Waals surface area contributed by atoms with Crippen molar-refractivity contribution in [3.8, 4) is 0 Å². The van der Waals surface area contributed by atoms with Gasteiger partial charge in [0.05, 0.1) is 12.6 Å². The molecule has 0 aromatic heterocycles. The zero-order valence-corrected chi connectivity index (χ0v) is 11.7. The molecule has 2 rings (SSSR count). The van der Waals surface area contributed by atoms with Crippen LogP contribution in [-0.4, -0.2) is 58.7 Å². The van der Waals surface area contributed by atoms with E-state index in [1.807, 2.05) is 25.7 Å². The Bertz CT molecular complexity index is 392. The highest BCUT2D eigenvalue weighted by Crippen LogP contribution is 2.21. The molecule has 0 radical (unpaired) electrons. The Hall–Kier alpha value is -1.43. The molecule has 6 nitrogen and oxygen atoms in total. The average molecular weight is 267 g/mol. The minimum atomic E-state index is -0.234. The second kappa shape index (κ2) is 4.92. The van der Waals surface area contributed by atoms with E-state index in [9.17, 15) is 14.4 Å². The molecule has 0 unspecified atom stereocenters. The highest BCUT2D eigenvalue weighted by Gasteiger charge is 2.41. The molecule has 2 aliphatic heterocycles. The molecular weight excluding hydrogens is 246 g/mol. The summed E-state index contributed by atoms with van der Waals surface area (Å²) in [5.41, 5.74) is -0.234. The molecule has 0 aliphatic carbocycles. The highest BCUT2D eigenvalue weighted by molar-refractivity contribution is 6.02. The Balaban J connectivity index is 1.76. The second-order valence-electron chi connectivity index (χ2n) is 6.30. The molecule has 2 saturated heterocycles. The normalized spacial score (nSPS) is 21.7. The molecule has 19 heavy (non-hydrogen) atoms. The molecule has 0 atom stereocenters. The molecule has 106 valence electrons. The predicted molar refractivity (Wildman–Crippen MR) is 69.2 cm³/mol. The first-order valence-corrected chi connectivity index (χ1v) is 6.64. The third-order valence-corrected chi connectivity index (χ3v) is 3.27. The van der Waals surface area contributed by atoms with Gasteiger partial charge in [-0.15, -0.1) is 0 Å². The Labute approximate surface area is 113 Å². The molecule has 0 saturated carbocycles. The van der Waals surface area contributed by atoms with Gasteiger partial charge in [0.15, 0.2) is 0 Å². The Morgan fingerprint density at radius 2 is 1.74 bits per heavy atom. The van der Waals surface area contributed by atoms with E-state index in [4.69, 9.17) is 0 Å². The minimum absolute atomic E-state index is 0.0231. The molecule has 2 heterocycles. The lowest BCUT2D eigenvalue weighted by Crippen LogP contribution is -2.62. The molecule has 6 heteroatoms. The van der Waals surface area contributed by atoms with Gasteiger partial charge < -0.3 is 5.32 Å². The first-order chi connectivity index (χ1) is 8.76. The maximum Gasteiger partial charge on any atom is 0.234 e. The Kier molecular flexibility index (Phi) is 3.62. The van der Waals surface area contributed by atoms with E-state index >= 15 is 0 Å². The van der Waals surface area contributed by atoms with Crippen LogP contribution in [0.25, 0.3) is 0 Å². The van der Waals surface area contributed by atoms with Gasteiger partial charge in [0, 0.05) is 31.5 Å². The molecule has 0 spiro atoms. The fourth-order valence-corrected chi connectivity index (χ4v) is 2.50. The summed E-state index contributed by atoms with van der Waals surface area (Å²) in [5, 5.41) is 2.89. The SMILES string of the molecule is CC(C)(C)NC(=O)CN1CC(N2C(=O)CCC2=O)C1. The summed E-state index contributed by atoms with van der Waals surface area (Å²) in [5.74, 6) is -0.174. The van der Waals surface area contributed by atoms with Crippen LogP contribution in [0.3, 0.4) is 0 Å². The number of carbonyl (C=O) groups is 3. The van der Waals surface area contributed by atoms with Crippen LogP contribution in [0.1, 0.15) is 33.6 Å². The lowest BCUT2D eigenvalue weighted by Gasteiger charge is -2.42. The zero-order chi connectivity index (χ0) is 14.2. The van der Waals surface area contributed by atoms with E-state index in [1.54, 1.807) is 0 Å². The van der Waals surface area contributed by atoms with E-state index < -0.39 is 0 Å². The van der Waals surface area contributed by atoms with Crippen molar-refractivity contribution in [3.63, 3.8) is 0 Å². The largest absolute Gasteiger partial charge is 0.350 e. The molecule has 3 amide bonds. The number of likely N-dealkylation sites (tertiary alicyclic amines) is 2. The molecule has 0 aromatic carbocycles. The first-order valence-electron chi connectivity index (χ1n) is 6.64. The fraction of sp³-hybridized carbons (Fsp3) is 0.769. The standard InChI is InChI=1S/C13H21N3O3/c1-13(2,3)14-10(17)8-15-6-9(7-15)16-11(18)4-5-12(16)19/h9H,4-8H2,1-3H3,(H,14,17). The Morgan fingerprint density at radius 1 is 1.21 bits per heavy atom. The van der Waals surface area contributed by atoms with Crippen molar-refractivity contribution in [2.24, 2.45) is 0 Å². The van der Waals surface area contributed by atoms with Crippen LogP contribution >= 0.6 is 0 Å². The lowest BCUT2D eigenvalue weighted by atomic mass is 10.1. The third kappa shape index (κ3) is 3.32. The number of rotatable bonds is 3. The summed E-state index contributed by atoms with van der Waals surface area (Å²) >= 11 is 0. The van der Waals surface area contributed by atoms with Crippen LogP contribution in [-0.2, 0) is 14.4 Å². The number of imide groups is 1. The summed E-state index contributed by atoms with van der Waals surface area (Å²) in [6.45, 7) is 7.34. The minimum Gasteiger partial charge on any atom is -0.350 e.